The summed E-state index contributed by atoms with van der Waals surface area (Å²) >= 11 is 0. The Morgan fingerprint density at radius 2 is 1.32 bits per heavy atom. The average Bonchev–Trinajstić information content (AvgIpc) is 3.51. The zero-order valence-electron chi connectivity index (χ0n) is 48.1. The lowest BCUT2D eigenvalue weighted by atomic mass is 9.82. The number of hydrogen-bond acceptors (Lipinski definition) is 23. The first-order valence-electron chi connectivity index (χ1n) is 28.8. The standard InChI is InChI=1S/C60H91N3O21/c1-35-19-15-13-11-9-7-5-6-8-10-12-14-16-21-43(83-58-55(75)51(53(73)38(4)82-58)63-34-60(79)56(76)54(74)47(70)33-80-60)30-48-50(57(77)62-26-24-39-20-17-18-25-61-39)46(69)32-59(78,84-48)31-42(66)28-45(68)44(67)23-22-40(64)27-41(65)29-49(71)81-37(3)36(2)52(35)72/h5-21,25,35-38,40-48,50-56,58,63-70,72-76,78-79H,22-24,26-34H2,1-4H3,(H,62,77)/b6-5+,9-7+,10-8+,13-11+,14-12+,19-15+,21-16+/t35-,36-,37-,38+,40+,41+,42-,43-,44+,45+,46-,47+,48?,50?,51-,52+,53+,54-,55-,56-,58?,59+,60+/m0/s1. The Labute approximate surface area is 490 Å². The molecule has 4 aliphatic heterocycles. The maximum Gasteiger partial charge on any atom is 0.308 e. The van der Waals surface area contributed by atoms with Gasteiger partial charge in [0, 0.05) is 62.4 Å². The molecule has 4 aliphatic rings. The molecule has 1 amide bonds. The van der Waals surface area contributed by atoms with E-state index in [0.29, 0.717) is 12.1 Å². The van der Waals surface area contributed by atoms with Gasteiger partial charge >= 0.3 is 5.97 Å². The van der Waals surface area contributed by atoms with Gasteiger partial charge in [0.1, 0.15) is 30.5 Å². The number of aromatic nitrogens is 1. The van der Waals surface area contributed by atoms with Crippen LogP contribution in [0.5, 0.6) is 0 Å². The normalized spacial score (nSPS) is 43.4. The van der Waals surface area contributed by atoms with Crippen molar-refractivity contribution in [2.24, 2.45) is 17.8 Å². The highest BCUT2D eigenvalue weighted by Gasteiger charge is 2.53. The van der Waals surface area contributed by atoms with Gasteiger partial charge in [0.25, 0.3) is 0 Å². The van der Waals surface area contributed by atoms with Gasteiger partial charge in [-0.3, -0.25) is 14.6 Å². The molecule has 3 unspecified atom stereocenters. The molecule has 5 rings (SSSR count). The molecular weight excluding hydrogens is 1100 g/mol. The molecule has 0 aromatic carbocycles. The van der Waals surface area contributed by atoms with Crippen LogP contribution in [0, 0.1) is 17.8 Å². The molecule has 24 nitrogen and oxygen atoms in total. The van der Waals surface area contributed by atoms with Crippen molar-refractivity contribution < 1.29 is 105 Å². The first kappa shape index (κ1) is 70.3. The molecule has 16 N–H and O–H groups in total. The third-order valence-electron chi connectivity index (χ3n) is 15.7. The van der Waals surface area contributed by atoms with Gasteiger partial charge in [0.05, 0.1) is 98.7 Å². The summed E-state index contributed by atoms with van der Waals surface area (Å²) in [6, 6.07) is 3.93. The summed E-state index contributed by atoms with van der Waals surface area (Å²) < 4.78 is 29.5. The number of rotatable bonds is 9. The van der Waals surface area contributed by atoms with Crippen LogP contribution >= 0.6 is 0 Å². The highest BCUT2D eigenvalue weighted by Crippen LogP contribution is 2.38. The number of carbonyl (C=O) groups is 2. The molecule has 472 valence electrons. The molecule has 23 atom stereocenters. The van der Waals surface area contributed by atoms with Gasteiger partial charge in [-0.15, -0.1) is 0 Å². The van der Waals surface area contributed by atoms with Crippen molar-refractivity contribution in [2.45, 2.75) is 207 Å². The van der Waals surface area contributed by atoms with Crippen molar-refractivity contribution in [3.8, 4) is 0 Å². The lowest BCUT2D eigenvalue weighted by Gasteiger charge is -2.47. The lowest BCUT2D eigenvalue weighted by molar-refractivity contribution is -0.323. The molecule has 0 spiro atoms. The van der Waals surface area contributed by atoms with E-state index in [0.717, 1.165) is 0 Å². The number of aliphatic hydroxyl groups is 14. The van der Waals surface area contributed by atoms with E-state index >= 15 is 0 Å². The molecule has 84 heavy (non-hydrogen) atoms. The van der Waals surface area contributed by atoms with Crippen LogP contribution in [-0.2, 0) is 39.7 Å². The van der Waals surface area contributed by atoms with Crippen LogP contribution in [0.4, 0.5) is 0 Å². The summed E-state index contributed by atoms with van der Waals surface area (Å²) in [6.07, 6.45) is -1.43. The van der Waals surface area contributed by atoms with Crippen molar-refractivity contribution in [1.29, 1.82) is 0 Å². The van der Waals surface area contributed by atoms with Crippen molar-refractivity contribution in [1.82, 2.24) is 15.6 Å². The Bertz CT molecular complexity index is 2360. The largest absolute Gasteiger partial charge is 0.462 e. The number of esters is 1. The Morgan fingerprint density at radius 1 is 0.679 bits per heavy atom. The Kier molecular flexibility index (Phi) is 28.6. The van der Waals surface area contributed by atoms with Crippen LogP contribution in [0.2, 0.25) is 0 Å². The van der Waals surface area contributed by atoms with E-state index in [2.05, 4.69) is 15.6 Å². The van der Waals surface area contributed by atoms with Gasteiger partial charge in [-0.05, 0) is 45.2 Å². The van der Waals surface area contributed by atoms with Crippen molar-refractivity contribution in [2.75, 3.05) is 19.7 Å². The number of amides is 1. The summed E-state index contributed by atoms with van der Waals surface area (Å²) in [4.78, 5) is 31.2. The molecule has 1 aromatic heterocycles. The van der Waals surface area contributed by atoms with Crippen LogP contribution in [0.15, 0.2) is 109 Å². The monoisotopic (exact) mass is 1190 g/mol. The Balaban J connectivity index is 1.43. The smallest absolute Gasteiger partial charge is 0.308 e. The van der Waals surface area contributed by atoms with Gasteiger partial charge in [-0.25, -0.2) is 0 Å². The molecule has 0 aliphatic carbocycles. The highest BCUT2D eigenvalue weighted by molar-refractivity contribution is 5.80. The minimum Gasteiger partial charge on any atom is -0.462 e. The first-order chi connectivity index (χ1) is 39.8. The maximum absolute atomic E-state index is 14.2. The summed E-state index contributed by atoms with van der Waals surface area (Å²) in [5, 5.41) is 160. The zero-order valence-corrected chi connectivity index (χ0v) is 48.1. The van der Waals surface area contributed by atoms with Crippen molar-refractivity contribution in [3.05, 3.63) is 115 Å². The first-order valence-corrected chi connectivity index (χ1v) is 28.8. The van der Waals surface area contributed by atoms with Gasteiger partial charge < -0.3 is 106 Å². The minimum atomic E-state index is -2.47. The molecule has 24 heteroatoms. The van der Waals surface area contributed by atoms with Crippen LogP contribution in [-0.4, -0.2) is 230 Å². The molecule has 3 fully saturated rings. The number of fused-ring (bicyclic) bond motifs is 2. The summed E-state index contributed by atoms with van der Waals surface area (Å²) in [5.41, 5.74) is 0.666. The molecule has 0 saturated carbocycles. The fourth-order valence-corrected chi connectivity index (χ4v) is 10.5. The third kappa shape index (κ3) is 21.7. The van der Waals surface area contributed by atoms with Crippen LogP contribution in [0.3, 0.4) is 0 Å². The van der Waals surface area contributed by atoms with E-state index < -0.39 is 184 Å². The number of hydrogen-bond donors (Lipinski definition) is 16. The SMILES string of the molecule is C[C@@H]1[C@H](O)[C@@H](C)/C=C/C=C/C=C/C=C/C=C/C=C/C=C/[C@H](OC2O[C@H](C)[C@@H](O)[C@H](NC[C@@]3(O)OC[C@@H](O)[C@H](O)[C@@H]3O)[C@@H]2O)CC2O[C@](O)(C[C@@H](O)C[C@@H](O)[C@H](O)CC[C@@H](O)C[C@@H](O)CC(=O)O[C@H]1C)C[C@H](O)C2C(=O)NCCc1ccccn1. The summed E-state index contributed by atoms with van der Waals surface area (Å²) in [6.45, 7) is 5.54. The predicted molar refractivity (Wildman–Crippen MR) is 303 cm³/mol. The average molecular weight is 1190 g/mol. The minimum absolute atomic E-state index is 0.0809. The van der Waals surface area contributed by atoms with Gasteiger partial charge in [0.2, 0.25) is 11.7 Å². The highest BCUT2D eigenvalue weighted by atomic mass is 16.7. The maximum atomic E-state index is 14.2. The topological polar surface area (TPSA) is 400 Å². The number of carbonyl (C=O) groups excluding carboxylic acids is 2. The molecule has 5 heterocycles. The number of cyclic esters (lactones) is 1. The molecule has 0 radical (unpaired) electrons. The fourth-order valence-electron chi connectivity index (χ4n) is 10.5. The molecule has 1 aromatic rings. The van der Waals surface area contributed by atoms with E-state index in [-0.39, 0.29) is 38.1 Å². The van der Waals surface area contributed by atoms with Crippen LogP contribution < -0.4 is 10.6 Å². The Morgan fingerprint density at radius 3 is 1.96 bits per heavy atom. The third-order valence-corrected chi connectivity index (χ3v) is 15.7. The second-order valence-electron chi connectivity index (χ2n) is 22.6. The number of pyridine rings is 1. The van der Waals surface area contributed by atoms with E-state index in [4.69, 9.17) is 23.7 Å². The van der Waals surface area contributed by atoms with Gasteiger partial charge in [-0.2, -0.15) is 0 Å². The number of allylic oxidation sites excluding steroid dienone is 12. The van der Waals surface area contributed by atoms with Crippen LogP contribution in [0.1, 0.15) is 84.8 Å². The number of ether oxygens (including phenoxy) is 5. The van der Waals surface area contributed by atoms with Crippen LogP contribution in [0.25, 0.3) is 0 Å². The molecule has 3 saturated heterocycles. The van der Waals surface area contributed by atoms with E-state index in [1.54, 1.807) is 111 Å². The molecule has 2 bridgehead atoms. The predicted octanol–water partition coefficient (Wildman–Crippen LogP) is -1.19. The number of nitrogens with zero attached hydrogens (tertiary/aromatic N) is 1. The fraction of sp³-hybridized carbons (Fsp3) is 0.650. The summed E-state index contributed by atoms with van der Waals surface area (Å²) in [5.74, 6) is -8.47. The van der Waals surface area contributed by atoms with E-state index in [1.807, 2.05) is 13.0 Å². The van der Waals surface area contributed by atoms with Gasteiger partial charge in [0.15, 0.2) is 12.1 Å². The quantitative estimate of drug-likeness (QED) is 0.129. The lowest BCUT2D eigenvalue weighted by Crippen LogP contribution is -2.69. The van der Waals surface area contributed by atoms with Gasteiger partial charge in [-0.1, -0.05) is 105 Å². The van der Waals surface area contributed by atoms with E-state index in [9.17, 15) is 81.1 Å². The second kappa shape index (κ2) is 34.2. The van der Waals surface area contributed by atoms with Crippen molar-refractivity contribution >= 4 is 11.9 Å². The van der Waals surface area contributed by atoms with E-state index in [1.165, 1.54) is 13.0 Å². The number of aliphatic hydroxyl groups excluding tert-OH is 12. The second-order valence-corrected chi connectivity index (χ2v) is 22.6. The summed E-state index contributed by atoms with van der Waals surface area (Å²) in [7, 11) is 0. The molecular formula is C60H91N3O21. The van der Waals surface area contributed by atoms with Crippen molar-refractivity contribution in [3.63, 3.8) is 0 Å². The Hall–Kier alpha value is -4.49. The zero-order chi connectivity index (χ0) is 61.7. The number of nitrogens with one attached hydrogen (secondary N) is 2.